The van der Waals surface area contributed by atoms with Gasteiger partial charge in [-0.3, -0.25) is 9.59 Å². The summed E-state index contributed by atoms with van der Waals surface area (Å²) < 4.78 is 18.5. The topological polar surface area (TPSA) is 72.2 Å². The summed E-state index contributed by atoms with van der Waals surface area (Å²) in [5, 5.41) is 3.10. The second-order valence-electron chi connectivity index (χ2n) is 5.92. The third-order valence-electron chi connectivity index (χ3n) is 3.90. The summed E-state index contributed by atoms with van der Waals surface area (Å²) in [5.41, 5.74) is 1.53. The Morgan fingerprint density at radius 2 is 1.93 bits per heavy atom. The predicted molar refractivity (Wildman–Crippen MR) is 99.1 cm³/mol. The molecule has 1 N–H and O–H groups in total. The first-order valence-electron chi connectivity index (χ1n) is 8.20. The van der Waals surface area contributed by atoms with Gasteiger partial charge in [-0.25, -0.2) is 9.37 Å². The SMILES string of the molecule is Cc1oc(-c2cccc(Cl)c2)nc1CC(=O)NCC(=O)c1ccc(F)cc1. The van der Waals surface area contributed by atoms with Crippen molar-refractivity contribution in [1.82, 2.24) is 10.3 Å². The van der Waals surface area contributed by atoms with E-state index in [0.717, 1.165) is 0 Å². The van der Waals surface area contributed by atoms with Crippen LogP contribution in [0.1, 0.15) is 21.8 Å². The van der Waals surface area contributed by atoms with Crippen LogP contribution in [0.2, 0.25) is 5.02 Å². The number of nitrogens with one attached hydrogen (secondary N) is 1. The van der Waals surface area contributed by atoms with Crippen LogP contribution in [-0.4, -0.2) is 23.2 Å². The molecule has 0 fully saturated rings. The number of benzene rings is 2. The zero-order valence-electron chi connectivity index (χ0n) is 14.5. The van der Waals surface area contributed by atoms with Crippen LogP contribution in [0.4, 0.5) is 4.39 Å². The van der Waals surface area contributed by atoms with Crippen molar-refractivity contribution in [3.05, 3.63) is 76.4 Å². The van der Waals surface area contributed by atoms with Gasteiger partial charge in [-0.05, 0) is 49.4 Å². The monoisotopic (exact) mass is 386 g/mol. The molecule has 0 radical (unpaired) electrons. The minimum atomic E-state index is -0.424. The van der Waals surface area contributed by atoms with Gasteiger partial charge in [-0.1, -0.05) is 17.7 Å². The van der Waals surface area contributed by atoms with Crippen LogP contribution in [-0.2, 0) is 11.2 Å². The number of oxazole rings is 1. The maximum absolute atomic E-state index is 12.9. The molecule has 0 bridgehead atoms. The Bertz CT molecular complexity index is 983. The molecule has 0 unspecified atom stereocenters. The quantitative estimate of drug-likeness (QED) is 0.650. The first-order valence-corrected chi connectivity index (χ1v) is 8.58. The Morgan fingerprint density at radius 3 is 2.63 bits per heavy atom. The number of hydrogen-bond acceptors (Lipinski definition) is 4. The number of aromatic nitrogens is 1. The van der Waals surface area contributed by atoms with E-state index in [1.807, 2.05) is 6.07 Å². The van der Waals surface area contributed by atoms with Gasteiger partial charge < -0.3 is 9.73 Å². The maximum atomic E-state index is 12.9. The van der Waals surface area contributed by atoms with Crippen LogP contribution < -0.4 is 5.32 Å². The molecule has 0 spiro atoms. The lowest BCUT2D eigenvalue weighted by Gasteiger charge is -2.04. The molecule has 0 saturated carbocycles. The summed E-state index contributed by atoms with van der Waals surface area (Å²) in [6.45, 7) is 1.54. The number of Topliss-reactive ketones (excluding diaryl/α,β-unsaturated/α-hetero) is 1. The van der Waals surface area contributed by atoms with Crippen LogP contribution in [0.25, 0.3) is 11.5 Å². The van der Waals surface area contributed by atoms with Gasteiger partial charge in [-0.2, -0.15) is 0 Å². The number of ketones is 1. The molecular weight excluding hydrogens is 371 g/mol. The number of halogens is 2. The molecule has 0 atom stereocenters. The molecule has 3 aromatic rings. The van der Waals surface area contributed by atoms with Crippen LogP contribution in [0, 0.1) is 12.7 Å². The van der Waals surface area contributed by atoms with Crippen molar-refractivity contribution in [1.29, 1.82) is 0 Å². The van der Waals surface area contributed by atoms with Crippen molar-refractivity contribution in [2.75, 3.05) is 6.54 Å². The molecule has 7 heteroatoms. The summed E-state index contributed by atoms with van der Waals surface area (Å²) in [6.07, 6.45) is -0.0212. The third-order valence-corrected chi connectivity index (χ3v) is 4.14. The zero-order chi connectivity index (χ0) is 19.4. The number of carbonyl (C=O) groups is 2. The van der Waals surface area contributed by atoms with Gasteiger partial charge in [0.25, 0.3) is 0 Å². The first-order chi connectivity index (χ1) is 12.9. The van der Waals surface area contributed by atoms with Crippen LogP contribution in [0.15, 0.2) is 52.9 Å². The predicted octanol–water partition coefficient (Wildman–Crippen LogP) is 3.98. The second kappa shape index (κ2) is 8.14. The Labute approximate surface area is 160 Å². The molecular formula is C20H16ClFN2O3. The van der Waals surface area contributed by atoms with Crippen molar-refractivity contribution in [2.24, 2.45) is 0 Å². The smallest absolute Gasteiger partial charge is 0.226 e. The highest BCUT2D eigenvalue weighted by atomic mass is 35.5. The average molecular weight is 387 g/mol. The molecule has 1 aromatic heterocycles. The van der Waals surface area contributed by atoms with E-state index in [1.165, 1.54) is 24.3 Å². The van der Waals surface area contributed by atoms with Gasteiger partial charge in [0.2, 0.25) is 11.8 Å². The van der Waals surface area contributed by atoms with E-state index in [0.29, 0.717) is 33.5 Å². The minimum Gasteiger partial charge on any atom is -0.441 e. The van der Waals surface area contributed by atoms with Crippen LogP contribution >= 0.6 is 11.6 Å². The van der Waals surface area contributed by atoms with Gasteiger partial charge >= 0.3 is 0 Å². The van der Waals surface area contributed by atoms with Gasteiger partial charge in [0, 0.05) is 16.1 Å². The summed E-state index contributed by atoms with van der Waals surface area (Å²) >= 11 is 5.97. The van der Waals surface area contributed by atoms with E-state index >= 15 is 0 Å². The van der Waals surface area contributed by atoms with Crippen molar-refractivity contribution < 1.29 is 18.4 Å². The highest BCUT2D eigenvalue weighted by molar-refractivity contribution is 6.30. The largest absolute Gasteiger partial charge is 0.441 e. The number of amides is 1. The number of nitrogens with zero attached hydrogens (tertiary/aromatic N) is 1. The number of aryl methyl sites for hydroxylation is 1. The Hall–Kier alpha value is -2.99. The van der Waals surface area contributed by atoms with Gasteiger partial charge in [0.05, 0.1) is 18.7 Å². The third kappa shape index (κ3) is 4.80. The minimum absolute atomic E-state index is 0.0212. The Morgan fingerprint density at radius 1 is 1.19 bits per heavy atom. The highest BCUT2D eigenvalue weighted by Gasteiger charge is 2.16. The number of carbonyl (C=O) groups excluding carboxylic acids is 2. The summed E-state index contributed by atoms with van der Waals surface area (Å²) in [4.78, 5) is 28.5. The molecule has 5 nitrogen and oxygen atoms in total. The van der Waals surface area contributed by atoms with E-state index in [-0.39, 0.29) is 24.7 Å². The fraction of sp³-hybridized carbons (Fsp3) is 0.150. The molecule has 2 aromatic carbocycles. The molecule has 0 saturated heterocycles. The van der Waals surface area contributed by atoms with Crippen LogP contribution in [0.3, 0.4) is 0 Å². The normalized spacial score (nSPS) is 10.6. The number of rotatable bonds is 6. The molecule has 0 aliphatic heterocycles. The maximum Gasteiger partial charge on any atom is 0.226 e. The molecule has 0 aliphatic carbocycles. The molecule has 1 heterocycles. The van der Waals surface area contributed by atoms with Gasteiger partial charge in [-0.15, -0.1) is 0 Å². The van der Waals surface area contributed by atoms with E-state index in [4.69, 9.17) is 16.0 Å². The second-order valence-corrected chi connectivity index (χ2v) is 6.35. The van der Waals surface area contributed by atoms with E-state index in [1.54, 1.807) is 25.1 Å². The van der Waals surface area contributed by atoms with Crippen molar-refractivity contribution in [2.45, 2.75) is 13.3 Å². The van der Waals surface area contributed by atoms with Crippen LogP contribution in [0.5, 0.6) is 0 Å². The molecule has 0 aliphatic rings. The van der Waals surface area contributed by atoms with Crippen molar-refractivity contribution >= 4 is 23.3 Å². The molecule has 27 heavy (non-hydrogen) atoms. The molecule has 3 rings (SSSR count). The number of hydrogen-bond donors (Lipinski definition) is 1. The highest BCUT2D eigenvalue weighted by Crippen LogP contribution is 2.24. The molecule has 1 amide bonds. The summed E-state index contributed by atoms with van der Waals surface area (Å²) in [7, 11) is 0. The molecule has 138 valence electrons. The van der Waals surface area contributed by atoms with Gasteiger partial charge in [0.15, 0.2) is 5.78 Å². The average Bonchev–Trinajstić information content (AvgIpc) is 3.01. The van der Waals surface area contributed by atoms with Crippen molar-refractivity contribution in [3.63, 3.8) is 0 Å². The lowest BCUT2D eigenvalue weighted by Crippen LogP contribution is -2.31. The Balaban J connectivity index is 1.61. The van der Waals surface area contributed by atoms with Gasteiger partial charge in [0.1, 0.15) is 11.6 Å². The van der Waals surface area contributed by atoms with Crippen molar-refractivity contribution in [3.8, 4) is 11.5 Å². The fourth-order valence-corrected chi connectivity index (χ4v) is 2.66. The summed E-state index contributed by atoms with van der Waals surface area (Å²) in [6, 6.07) is 12.2. The van der Waals surface area contributed by atoms with E-state index in [9.17, 15) is 14.0 Å². The lowest BCUT2D eigenvalue weighted by molar-refractivity contribution is -0.120. The van der Waals surface area contributed by atoms with E-state index < -0.39 is 5.82 Å². The standard InChI is InChI=1S/C20H16ClFN2O3/c1-12-17(24-20(27-12)14-3-2-4-15(21)9-14)10-19(26)23-11-18(25)13-5-7-16(22)8-6-13/h2-9H,10-11H2,1H3,(H,23,26). The summed E-state index contributed by atoms with van der Waals surface area (Å²) in [5.74, 6) is -0.197. The Kier molecular flexibility index (Phi) is 5.66. The van der Waals surface area contributed by atoms with E-state index in [2.05, 4.69) is 10.3 Å². The fourth-order valence-electron chi connectivity index (χ4n) is 2.47. The first kappa shape index (κ1) is 18.8. The lowest BCUT2D eigenvalue weighted by atomic mass is 10.1. The zero-order valence-corrected chi connectivity index (χ0v) is 15.2.